The molecule has 6 aliphatic rings. The topological polar surface area (TPSA) is 62.9 Å². The molecule has 0 aromatic rings. The second-order valence-corrected chi connectivity index (χ2v) is 8.21. The van der Waals surface area contributed by atoms with Gasteiger partial charge >= 0.3 is 0 Å². The van der Waals surface area contributed by atoms with E-state index >= 15 is 0 Å². The molecule has 22 heavy (non-hydrogen) atoms. The average molecular weight is 335 g/mol. The molecule has 6 heteroatoms. The van der Waals surface area contributed by atoms with Gasteiger partial charge in [0.25, 0.3) is 0 Å². The maximum Gasteiger partial charge on any atom is 0.201 e. The van der Waals surface area contributed by atoms with E-state index < -0.39 is 5.79 Å². The van der Waals surface area contributed by atoms with Gasteiger partial charge in [-0.2, -0.15) is 0 Å². The number of hydrogen-bond donors (Lipinski definition) is 1. The Morgan fingerprint density at radius 3 is 2.64 bits per heavy atom. The molecule has 3 heterocycles. The normalized spacial score (nSPS) is 64.9. The number of fused-ring (bicyclic) bond motifs is 4. The molecule has 3 aliphatic heterocycles. The molecule has 6 rings (SSSR count). The van der Waals surface area contributed by atoms with Crippen LogP contribution in [-0.4, -0.2) is 24.4 Å². The molecule has 0 radical (unpaired) electrons. The van der Waals surface area contributed by atoms with Crippen molar-refractivity contribution >= 4 is 0 Å². The number of rotatable bonds is 0. The molecule has 5 nitrogen and oxygen atoms in total. The third kappa shape index (κ3) is 1.59. The average Bonchev–Trinajstić information content (AvgIpc) is 2.61. The van der Waals surface area contributed by atoms with E-state index in [0.29, 0.717) is 11.8 Å². The molecule has 0 aromatic carbocycles. The molecular weight excluding hydrogens is 310 g/mol. The van der Waals surface area contributed by atoms with Gasteiger partial charge in [0.05, 0.1) is 0 Å². The molecule has 3 saturated heterocycles. The first-order valence-corrected chi connectivity index (χ1v) is 8.37. The molecule has 3 saturated carbocycles. The molecule has 0 aromatic heterocycles. The van der Waals surface area contributed by atoms with Crippen molar-refractivity contribution in [2.45, 2.75) is 70.9 Å². The molecule has 5 unspecified atom stereocenters. The van der Waals surface area contributed by atoms with Gasteiger partial charge in [0.2, 0.25) is 5.79 Å². The Morgan fingerprint density at radius 1 is 1.09 bits per heavy atom. The van der Waals surface area contributed by atoms with Crippen LogP contribution in [0.1, 0.15) is 46.5 Å². The Hall–Kier alpha value is 1.06. The molecule has 3 aliphatic carbocycles. The molecule has 3 bridgehead atoms. The third-order valence-electron chi connectivity index (χ3n) is 7.66. The van der Waals surface area contributed by atoms with Crippen molar-refractivity contribution in [2.75, 3.05) is 0 Å². The third-order valence-corrected chi connectivity index (χ3v) is 7.66. The zero-order chi connectivity index (χ0) is 14.6. The van der Waals surface area contributed by atoms with Crippen LogP contribution in [0.3, 0.4) is 0 Å². The van der Waals surface area contributed by atoms with Crippen LogP contribution < -0.4 is 5.73 Å². The van der Waals surface area contributed by atoms with Gasteiger partial charge in [-0.3, -0.25) is 0 Å². The summed E-state index contributed by atoms with van der Waals surface area (Å²) < 4.78 is 12.3. The van der Waals surface area contributed by atoms with Crippen LogP contribution in [0.15, 0.2) is 0 Å². The summed E-state index contributed by atoms with van der Waals surface area (Å²) in [6.45, 7) is 6.54. The van der Waals surface area contributed by atoms with E-state index in [0.717, 1.165) is 19.3 Å². The van der Waals surface area contributed by atoms with E-state index in [1.54, 1.807) is 0 Å². The van der Waals surface area contributed by atoms with Crippen molar-refractivity contribution in [1.82, 2.24) is 0 Å². The van der Waals surface area contributed by atoms with E-state index in [9.17, 15) is 0 Å². The van der Waals surface area contributed by atoms with Crippen molar-refractivity contribution < 1.29 is 57.0 Å². The van der Waals surface area contributed by atoms with Gasteiger partial charge in [-0.05, 0) is 32.1 Å². The summed E-state index contributed by atoms with van der Waals surface area (Å²) in [6, 6.07) is 0. The van der Waals surface area contributed by atoms with Crippen molar-refractivity contribution in [1.29, 1.82) is 0 Å². The van der Waals surface area contributed by atoms with Crippen molar-refractivity contribution in [3.05, 3.63) is 0 Å². The van der Waals surface area contributed by atoms with Crippen molar-refractivity contribution in [2.24, 2.45) is 34.3 Å². The van der Waals surface area contributed by atoms with Crippen LogP contribution in [0.4, 0.5) is 0 Å². The summed E-state index contributed by atoms with van der Waals surface area (Å²) in [5.74, 6) is 0.601. The minimum absolute atomic E-state index is 0. The van der Waals surface area contributed by atoms with Gasteiger partial charge in [-0.15, -0.1) is 0 Å². The Balaban J connectivity index is 0.00000125. The van der Waals surface area contributed by atoms with Crippen LogP contribution in [-0.2, 0) is 19.2 Å². The minimum atomic E-state index is -0.698. The molecule has 126 valence electrons. The summed E-state index contributed by atoms with van der Waals surface area (Å²) in [6.07, 6.45) is 3.99. The molecule has 0 amide bonds. The van der Waals surface area contributed by atoms with Crippen molar-refractivity contribution in [3.8, 4) is 0 Å². The second kappa shape index (κ2) is 4.82. The second-order valence-electron chi connectivity index (χ2n) is 8.21. The quantitative estimate of drug-likeness (QED) is 0.687. The van der Waals surface area contributed by atoms with Gasteiger partial charge in [0.1, 0.15) is 12.3 Å². The van der Waals surface area contributed by atoms with E-state index in [2.05, 4.69) is 13.8 Å². The summed E-state index contributed by atoms with van der Waals surface area (Å²) >= 11 is 0. The monoisotopic (exact) mass is 335 g/mol. The van der Waals surface area contributed by atoms with Crippen LogP contribution in [0.5, 0.6) is 0 Å². The standard InChI is InChI=1S/C16H25NO4.Ar/c1-8-4-5-16-9(2)11(17)18-12-10(16)15(8)7-6-14(3,19-12)21-20-13(15)16;/h8-13H,4-7,17H2,1-3H3;/t8-,9+,10?,11?,12-,13?,14+,15?,16?;/m1./s1. The largest absolute Gasteiger partial charge is 0.334 e. The Kier molecular flexibility index (Phi) is 3.62. The van der Waals surface area contributed by atoms with Crippen LogP contribution in [0, 0.1) is 66.3 Å². The Bertz CT molecular complexity index is 501. The van der Waals surface area contributed by atoms with Crippen molar-refractivity contribution in [3.63, 3.8) is 0 Å². The molecule has 2 N–H and O–H groups in total. The zero-order valence-electron chi connectivity index (χ0n) is 13.4. The number of ether oxygens (including phenoxy) is 2. The fourth-order valence-corrected chi connectivity index (χ4v) is 6.50. The van der Waals surface area contributed by atoms with Crippen LogP contribution in [0.25, 0.3) is 0 Å². The van der Waals surface area contributed by atoms with E-state index in [4.69, 9.17) is 25.0 Å². The van der Waals surface area contributed by atoms with E-state index in [1.807, 2.05) is 6.92 Å². The summed E-state index contributed by atoms with van der Waals surface area (Å²) in [5, 5.41) is 0. The fraction of sp³-hybridized carbons (Fsp3) is 1.00. The summed E-state index contributed by atoms with van der Waals surface area (Å²) in [7, 11) is 0. The maximum absolute atomic E-state index is 6.29. The zero-order valence-corrected chi connectivity index (χ0v) is 14.1. The van der Waals surface area contributed by atoms with Gasteiger partial charge < -0.3 is 15.2 Å². The first-order chi connectivity index (χ1) is 9.94. The smallest absolute Gasteiger partial charge is 0.201 e. The number of nitrogens with two attached hydrogens (primary N) is 1. The first kappa shape index (κ1) is 16.5. The summed E-state index contributed by atoms with van der Waals surface area (Å²) in [5.41, 5.74) is 6.50. The van der Waals surface area contributed by atoms with Gasteiger partial charge in [-0.25, -0.2) is 9.78 Å². The van der Waals surface area contributed by atoms with E-state index in [1.165, 1.54) is 6.42 Å². The fourth-order valence-electron chi connectivity index (χ4n) is 6.50. The Morgan fingerprint density at radius 2 is 1.86 bits per heavy atom. The van der Waals surface area contributed by atoms with Crippen LogP contribution >= 0.6 is 0 Å². The number of hydrogen-bond acceptors (Lipinski definition) is 5. The molecule has 2 spiro atoms. The predicted octanol–water partition coefficient (Wildman–Crippen LogP) is 2.15. The van der Waals surface area contributed by atoms with Gasteiger partial charge in [-0.1, -0.05) is 13.8 Å². The van der Waals surface area contributed by atoms with Gasteiger partial charge in [0.15, 0.2) is 6.29 Å². The summed E-state index contributed by atoms with van der Waals surface area (Å²) in [4.78, 5) is 11.8. The van der Waals surface area contributed by atoms with Crippen LogP contribution in [0.2, 0.25) is 0 Å². The van der Waals surface area contributed by atoms with Gasteiger partial charge in [0, 0.05) is 66.8 Å². The van der Waals surface area contributed by atoms with E-state index in [-0.39, 0.29) is 73.1 Å². The maximum atomic E-state index is 6.29. The first-order valence-electron chi connectivity index (χ1n) is 8.37. The molecule has 6 fully saturated rings. The molecular formula is C16H25ArNO4. The SMILES string of the molecule is C[C@@H]1CCC23C4OO[C@@]5(C)CCC41C2[C@H](OC(N)[C@@H]3C)O5.[Ar]. The molecule has 9 atom stereocenters. The predicted molar refractivity (Wildman–Crippen MR) is 73.4 cm³/mol. The minimum Gasteiger partial charge on any atom is -0.334 e. The Labute approximate surface area is 161 Å².